The molecule has 0 aromatic heterocycles. The van der Waals surface area contributed by atoms with Crippen LogP contribution >= 0.6 is 35.6 Å². The number of rotatable bonds is 4. The molecule has 0 spiro atoms. The van der Waals surface area contributed by atoms with Crippen LogP contribution in [0.2, 0.25) is 5.02 Å². The highest BCUT2D eigenvalue weighted by Crippen LogP contribution is 2.38. The molecule has 0 bridgehead atoms. The van der Waals surface area contributed by atoms with Gasteiger partial charge >= 0.3 is 6.09 Å². The highest BCUT2D eigenvalue weighted by atomic mass is 127. The maximum Gasteiger partial charge on any atom is 0.409 e. The molecule has 2 aliphatic heterocycles. The van der Waals surface area contributed by atoms with Gasteiger partial charge in [-0.15, -0.1) is 24.0 Å². The minimum absolute atomic E-state index is 0. The van der Waals surface area contributed by atoms with Crippen molar-refractivity contribution in [1.29, 1.82) is 0 Å². The number of carbonyl (C=O) groups excluding carboxylic acids is 1. The predicted octanol–water partition coefficient (Wildman–Crippen LogP) is 3.36. The van der Waals surface area contributed by atoms with E-state index in [9.17, 15) is 4.79 Å². The Morgan fingerprint density at radius 3 is 2.43 bits per heavy atom. The van der Waals surface area contributed by atoms with Crippen LogP contribution in [0.3, 0.4) is 0 Å². The summed E-state index contributed by atoms with van der Waals surface area (Å²) >= 11 is 6.56. The third-order valence-electron chi connectivity index (χ3n) is 5.80. The summed E-state index contributed by atoms with van der Waals surface area (Å²) < 4.78 is 10.7. The quantitative estimate of drug-likeness (QED) is 0.354. The summed E-state index contributed by atoms with van der Waals surface area (Å²) in [6.07, 6.45) is 1.59. The lowest BCUT2D eigenvalue weighted by Gasteiger charge is -2.41. The molecule has 0 radical (unpaired) electrons. The van der Waals surface area contributed by atoms with Crippen molar-refractivity contribution in [2.24, 2.45) is 4.99 Å². The Kier molecular flexibility index (Phi) is 9.96. The van der Waals surface area contributed by atoms with Gasteiger partial charge in [-0.1, -0.05) is 29.8 Å². The highest BCUT2D eigenvalue weighted by molar-refractivity contribution is 14.0. The summed E-state index contributed by atoms with van der Waals surface area (Å²) in [6.45, 7) is 7.12. The molecule has 1 amide bonds. The number of nitrogens with zero attached hydrogens (tertiary/aromatic N) is 3. The fraction of sp³-hybridized carbons (Fsp3) is 0.619. The Labute approximate surface area is 201 Å². The summed E-state index contributed by atoms with van der Waals surface area (Å²) in [6, 6.07) is 8.09. The second-order valence-corrected chi connectivity index (χ2v) is 7.85. The number of hydrogen-bond acceptors (Lipinski definition) is 4. The van der Waals surface area contributed by atoms with Crippen molar-refractivity contribution >= 4 is 47.6 Å². The number of carbonyl (C=O) groups is 1. The molecular weight excluding hydrogens is 519 g/mol. The number of piperazine rings is 1. The van der Waals surface area contributed by atoms with Gasteiger partial charge in [0.25, 0.3) is 0 Å². The van der Waals surface area contributed by atoms with Gasteiger partial charge in [0.1, 0.15) is 0 Å². The smallest absolute Gasteiger partial charge is 0.409 e. The minimum Gasteiger partial charge on any atom is -0.450 e. The van der Waals surface area contributed by atoms with Crippen molar-refractivity contribution in [3.63, 3.8) is 0 Å². The van der Waals surface area contributed by atoms with Crippen LogP contribution < -0.4 is 5.32 Å². The van der Waals surface area contributed by atoms with Gasteiger partial charge in [-0.3, -0.25) is 4.99 Å². The Hall–Kier alpha value is -1.26. The van der Waals surface area contributed by atoms with Crippen LogP contribution in [0.25, 0.3) is 0 Å². The van der Waals surface area contributed by atoms with Crippen molar-refractivity contribution in [3.8, 4) is 0 Å². The molecule has 2 fully saturated rings. The molecule has 168 valence electrons. The van der Waals surface area contributed by atoms with Crippen molar-refractivity contribution in [2.45, 2.75) is 25.2 Å². The standard InChI is InChI=1S/C21H31ClN4O3.HI/c1-3-29-20(27)26-12-10-25(11-13-26)19(23-2)24-16-21(8-14-28-15-9-21)17-6-4-5-7-18(17)22;/h4-7H,3,8-16H2,1-2H3,(H,23,24);1H. The van der Waals surface area contributed by atoms with Crippen molar-refractivity contribution in [2.75, 3.05) is 59.6 Å². The Bertz CT molecular complexity index is 720. The number of halogens is 2. The topological polar surface area (TPSA) is 66.4 Å². The molecule has 2 saturated heterocycles. The van der Waals surface area contributed by atoms with Crippen LogP contribution in [0.5, 0.6) is 0 Å². The zero-order valence-corrected chi connectivity index (χ0v) is 20.8. The van der Waals surface area contributed by atoms with E-state index in [0.29, 0.717) is 19.7 Å². The average molecular weight is 551 g/mol. The summed E-state index contributed by atoms with van der Waals surface area (Å²) in [5.41, 5.74) is 1.08. The fourth-order valence-electron chi connectivity index (χ4n) is 4.09. The largest absolute Gasteiger partial charge is 0.450 e. The van der Waals surface area contributed by atoms with E-state index in [2.05, 4.69) is 21.3 Å². The van der Waals surface area contributed by atoms with Crippen molar-refractivity contribution in [3.05, 3.63) is 34.9 Å². The van der Waals surface area contributed by atoms with E-state index in [-0.39, 0.29) is 35.5 Å². The summed E-state index contributed by atoms with van der Waals surface area (Å²) in [4.78, 5) is 20.3. The number of benzene rings is 1. The number of ether oxygens (including phenoxy) is 2. The molecule has 7 nitrogen and oxygen atoms in total. The molecule has 0 unspecified atom stereocenters. The molecule has 0 aliphatic carbocycles. The minimum atomic E-state index is -0.241. The zero-order chi connectivity index (χ0) is 20.7. The zero-order valence-electron chi connectivity index (χ0n) is 17.7. The van der Waals surface area contributed by atoms with Gasteiger partial charge in [0, 0.05) is 63.4 Å². The van der Waals surface area contributed by atoms with E-state index in [1.165, 1.54) is 5.56 Å². The third kappa shape index (κ3) is 5.91. The number of amides is 1. The van der Waals surface area contributed by atoms with E-state index in [0.717, 1.165) is 56.7 Å². The SMILES string of the molecule is CCOC(=O)N1CCN(C(=NC)NCC2(c3ccccc3Cl)CCOCC2)CC1.I. The van der Waals surface area contributed by atoms with Crippen LogP contribution in [0.1, 0.15) is 25.3 Å². The molecule has 1 N–H and O–H groups in total. The molecule has 1 aromatic carbocycles. The predicted molar refractivity (Wildman–Crippen MR) is 130 cm³/mol. The molecular formula is C21H32ClIN4O3. The van der Waals surface area contributed by atoms with E-state index >= 15 is 0 Å². The Morgan fingerprint density at radius 1 is 1.20 bits per heavy atom. The van der Waals surface area contributed by atoms with Crippen molar-refractivity contribution < 1.29 is 14.3 Å². The van der Waals surface area contributed by atoms with E-state index in [1.54, 1.807) is 11.9 Å². The van der Waals surface area contributed by atoms with E-state index in [1.807, 2.05) is 25.1 Å². The molecule has 1 aromatic rings. The average Bonchev–Trinajstić information content (AvgIpc) is 2.76. The summed E-state index contributed by atoms with van der Waals surface area (Å²) in [5, 5.41) is 4.37. The van der Waals surface area contributed by atoms with Gasteiger partial charge in [-0.2, -0.15) is 0 Å². The third-order valence-corrected chi connectivity index (χ3v) is 6.13. The van der Waals surface area contributed by atoms with Crippen LogP contribution in [0, 0.1) is 0 Å². The summed E-state index contributed by atoms with van der Waals surface area (Å²) in [7, 11) is 1.80. The monoisotopic (exact) mass is 550 g/mol. The molecule has 3 rings (SSSR count). The molecule has 0 saturated carbocycles. The number of nitrogens with one attached hydrogen (secondary N) is 1. The number of hydrogen-bond donors (Lipinski definition) is 1. The molecule has 2 heterocycles. The maximum absolute atomic E-state index is 11.9. The Balaban J connectivity index is 0.00000320. The second kappa shape index (κ2) is 12.0. The van der Waals surface area contributed by atoms with Crippen LogP contribution in [-0.2, 0) is 14.9 Å². The van der Waals surface area contributed by atoms with Crippen LogP contribution in [-0.4, -0.2) is 81.4 Å². The highest BCUT2D eigenvalue weighted by Gasteiger charge is 2.36. The van der Waals surface area contributed by atoms with Gasteiger partial charge in [0.15, 0.2) is 5.96 Å². The van der Waals surface area contributed by atoms with E-state index in [4.69, 9.17) is 21.1 Å². The van der Waals surface area contributed by atoms with Crippen LogP contribution in [0.15, 0.2) is 29.3 Å². The van der Waals surface area contributed by atoms with Gasteiger partial charge in [0.05, 0.1) is 6.61 Å². The lowest BCUT2D eigenvalue weighted by atomic mass is 9.74. The van der Waals surface area contributed by atoms with Gasteiger partial charge in [-0.05, 0) is 31.4 Å². The first kappa shape index (κ1) is 25.0. The second-order valence-electron chi connectivity index (χ2n) is 7.45. The normalized spacial score (nSPS) is 19.1. The van der Waals surface area contributed by atoms with Gasteiger partial charge in [0.2, 0.25) is 0 Å². The number of guanidine groups is 1. The first-order chi connectivity index (χ1) is 14.1. The Morgan fingerprint density at radius 2 is 1.83 bits per heavy atom. The van der Waals surface area contributed by atoms with Gasteiger partial charge < -0.3 is 24.6 Å². The number of aliphatic imine (C=N–C) groups is 1. The molecule has 30 heavy (non-hydrogen) atoms. The lowest BCUT2D eigenvalue weighted by molar-refractivity contribution is 0.0510. The van der Waals surface area contributed by atoms with Crippen molar-refractivity contribution in [1.82, 2.24) is 15.1 Å². The maximum atomic E-state index is 11.9. The lowest BCUT2D eigenvalue weighted by Crippen LogP contribution is -2.55. The fourth-order valence-corrected chi connectivity index (χ4v) is 4.43. The van der Waals surface area contributed by atoms with E-state index < -0.39 is 0 Å². The molecule has 0 atom stereocenters. The molecule has 9 heteroatoms. The first-order valence-electron chi connectivity index (χ1n) is 10.3. The van der Waals surface area contributed by atoms with Gasteiger partial charge in [-0.25, -0.2) is 4.79 Å². The summed E-state index contributed by atoms with van der Waals surface area (Å²) in [5.74, 6) is 0.853. The molecule has 2 aliphatic rings. The first-order valence-corrected chi connectivity index (χ1v) is 10.7. The van der Waals surface area contributed by atoms with Crippen LogP contribution in [0.4, 0.5) is 4.79 Å².